The average molecular weight is 843 g/mol. The fourth-order valence-electron chi connectivity index (χ4n) is 9.29. The van der Waals surface area contributed by atoms with E-state index in [1.165, 1.54) is 31.3 Å². The van der Waals surface area contributed by atoms with Crippen molar-refractivity contribution in [3.63, 3.8) is 0 Å². The van der Waals surface area contributed by atoms with Gasteiger partial charge >= 0.3 is 0 Å². The normalized spacial score (nSPS) is 15.6. The Hall–Kier alpha value is -7.52. The van der Waals surface area contributed by atoms with Crippen LogP contribution in [0.5, 0.6) is 0 Å². The van der Waals surface area contributed by atoms with Crippen LogP contribution in [-0.4, -0.2) is 34.7 Å². The molecule has 296 valence electrons. The molecular weight excluding hydrogens is 809 g/mol. The van der Waals surface area contributed by atoms with E-state index in [-0.39, 0.29) is 11.2 Å². The first-order valence-corrected chi connectivity index (χ1v) is 22.8. The van der Waals surface area contributed by atoms with E-state index in [0.29, 0.717) is 17.5 Å². The lowest BCUT2D eigenvalue weighted by Crippen LogP contribution is -2.15. The van der Waals surface area contributed by atoms with Crippen LogP contribution in [0.3, 0.4) is 0 Å². The van der Waals surface area contributed by atoms with Crippen LogP contribution >= 0.6 is 23.1 Å². The first-order chi connectivity index (χ1) is 31.2. The van der Waals surface area contributed by atoms with E-state index in [9.17, 15) is 0 Å². The van der Waals surface area contributed by atoms with Gasteiger partial charge in [-0.15, -0.1) is 23.1 Å². The monoisotopic (exact) mass is 842 g/mol. The molecule has 0 spiro atoms. The van der Waals surface area contributed by atoms with Gasteiger partial charge in [0.15, 0.2) is 23.3 Å². The third kappa shape index (κ3) is 5.97. The number of fused-ring (bicyclic) bond motifs is 9. The van der Waals surface area contributed by atoms with Crippen LogP contribution in [0.15, 0.2) is 199 Å². The summed E-state index contributed by atoms with van der Waals surface area (Å²) in [5.74, 6) is 2.81. The highest BCUT2D eigenvalue weighted by molar-refractivity contribution is 8.00. The van der Waals surface area contributed by atoms with Crippen molar-refractivity contribution in [1.82, 2.24) is 29.5 Å². The summed E-state index contributed by atoms with van der Waals surface area (Å²) < 4.78 is 4.67. The Bertz CT molecular complexity index is 3670. The first-order valence-electron chi connectivity index (χ1n) is 21.1. The van der Waals surface area contributed by atoms with E-state index in [4.69, 9.17) is 24.9 Å². The minimum atomic E-state index is 0.114. The molecular formula is C55H34N6S2. The second-order valence-electron chi connectivity index (χ2n) is 16.0. The zero-order valence-corrected chi connectivity index (χ0v) is 35.3. The summed E-state index contributed by atoms with van der Waals surface area (Å²) in [7, 11) is 0. The van der Waals surface area contributed by atoms with Gasteiger partial charge in [0.25, 0.3) is 0 Å². The third-order valence-electron chi connectivity index (χ3n) is 12.2. The molecule has 2 atom stereocenters. The summed E-state index contributed by atoms with van der Waals surface area (Å²) in [6.45, 7) is 0. The van der Waals surface area contributed by atoms with Gasteiger partial charge in [0, 0.05) is 70.4 Å². The van der Waals surface area contributed by atoms with Gasteiger partial charge in [-0.1, -0.05) is 152 Å². The highest BCUT2D eigenvalue weighted by Crippen LogP contribution is 2.53. The molecule has 2 unspecified atom stereocenters. The van der Waals surface area contributed by atoms with Crippen LogP contribution in [0, 0.1) is 0 Å². The van der Waals surface area contributed by atoms with Crippen molar-refractivity contribution >= 4 is 70.8 Å². The number of thiophene rings is 1. The van der Waals surface area contributed by atoms with Gasteiger partial charge < -0.3 is 4.57 Å². The molecule has 2 aliphatic rings. The predicted octanol–water partition coefficient (Wildman–Crippen LogP) is 14.0. The molecule has 0 radical (unpaired) electrons. The molecule has 0 N–H and O–H groups in total. The van der Waals surface area contributed by atoms with E-state index >= 15 is 0 Å². The smallest absolute Gasteiger partial charge is 0.164 e. The second kappa shape index (κ2) is 14.6. The quantitative estimate of drug-likeness (QED) is 0.166. The lowest BCUT2D eigenvalue weighted by Gasteiger charge is -2.22. The Morgan fingerprint density at radius 3 is 1.90 bits per heavy atom. The second-order valence-corrected chi connectivity index (χ2v) is 18.2. The van der Waals surface area contributed by atoms with Gasteiger partial charge in [0.1, 0.15) is 0 Å². The maximum absolute atomic E-state index is 5.36. The maximum Gasteiger partial charge on any atom is 0.164 e. The van der Waals surface area contributed by atoms with Crippen LogP contribution in [0.25, 0.3) is 98.8 Å². The Morgan fingerprint density at radius 1 is 0.476 bits per heavy atom. The van der Waals surface area contributed by atoms with Gasteiger partial charge in [-0.05, 0) is 48.0 Å². The SMILES string of the molecule is C1=CC2c3cc(-c4nc(-c5ccccc5)nc(-c5ccc6c7ccccc7n(-c7ccccc7)c6c5)n4)ccc3SC2C(c2nc(-c3ccccc3)c3sc4ccccc4c3n2)=C1. The number of rotatable bonds is 6. The molecule has 0 bridgehead atoms. The molecule has 63 heavy (non-hydrogen) atoms. The number of benzene rings is 7. The van der Waals surface area contributed by atoms with Gasteiger partial charge in [-0.3, -0.25) is 0 Å². The van der Waals surface area contributed by atoms with E-state index in [0.717, 1.165) is 66.3 Å². The van der Waals surface area contributed by atoms with E-state index in [1.54, 1.807) is 11.3 Å². The molecule has 8 heteroatoms. The fourth-order valence-corrected chi connectivity index (χ4v) is 11.9. The van der Waals surface area contributed by atoms with Crippen molar-refractivity contribution in [1.29, 1.82) is 0 Å². The number of nitrogens with zero attached hydrogens (tertiary/aromatic N) is 6. The largest absolute Gasteiger partial charge is 0.309 e. The summed E-state index contributed by atoms with van der Waals surface area (Å²) in [6, 6.07) is 61.7. The summed E-state index contributed by atoms with van der Waals surface area (Å²) >= 11 is 3.66. The van der Waals surface area contributed by atoms with Crippen molar-refractivity contribution in [2.45, 2.75) is 16.1 Å². The highest BCUT2D eigenvalue weighted by Gasteiger charge is 2.38. The van der Waals surface area contributed by atoms with Crippen molar-refractivity contribution < 1.29 is 0 Å². The summed E-state index contributed by atoms with van der Waals surface area (Å²) in [5.41, 5.74) is 11.7. The van der Waals surface area contributed by atoms with Gasteiger partial charge in [0.05, 0.1) is 26.9 Å². The number of allylic oxidation sites excluding steroid dienone is 3. The molecule has 0 fully saturated rings. The zero-order valence-electron chi connectivity index (χ0n) is 33.6. The summed E-state index contributed by atoms with van der Waals surface area (Å²) in [6.07, 6.45) is 6.71. The Kier molecular flexibility index (Phi) is 8.35. The highest BCUT2D eigenvalue weighted by atomic mass is 32.2. The van der Waals surface area contributed by atoms with Crippen molar-refractivity contribution in [3.8, 4) is 51.1 Å². The molecule has 13 rings (SSSR count). The van der Waals surface area contributed by atoms with E-state index < -0.39 is 0 Å². The van der Waals surface area contributed by atoms with Crippen LogP contribution in [-0.2, 0) is 0 Å². The van der Waals surface area contributed by atoms with E-state index in [2.05, 4.69) is 181 Å². The number of hydrogen-bond donors (Lipinski definition) is 0. The van der Waals surface area contributed by atoms with Crippen LogP contribution < -0.4 is 0 Å². The first kappa shape index (κ1) is 36.2. The van der Waals surface area contributed by atoms with Gasteiger partial charge in [0.2, 0.25) is 0 Å². The Morgan fingerprint density at radius 2 is 1.11 bits per heavy atom. The maximum atomic E-state index is 5.36. The number of hydrogen-bond acceptors (Lipinski definition) is 7. The van der Waals surface area contributed by atoms with Crippen molar-refractivity contribution in [3.05, 3.63) is 206 Å². The molecule has 4 aromatic heterocycles. The lowest BCUT2D eigenvalue weighted by atomic mass is 9.87. The minimum Gasteiger partial charge on any atom is -0.309 e. The molecule has 6 nitrogen and oxygen atoms in total. The molecule has 7 aromatic carbocycles. The number of para-hydroxylation sites is 2. The summed E-state index contributed by atoms with van der Waals surface area (Å²) in [4.78, 5) is 27.5. The molecule has 0 amide bonds. The summed E-state index contributed by atoms with van der Waals surface area (Å²) in [5, 5.41) is 3.67. The molecule has 0 saturated heterocycles. The standard InChI is InChI=1S/C55H34N6S2/c1-4-15-33(16-5-1)48-51-49(41-22-11-13-26-46(41)63-51)57-55(56-48)42-24-14-23-40-43-31-35(28-30-47(43)62-50(40)42)53-58-52(34-17-6-2-7-18-34)59-54(60-53)36-27-29-39-38-21-10-12-25-44(38)61(45(39)32-36)37-19-8-3-9-20-37/h1-32,40,50H. The zero-order chi connectivity index (χ0) is 41.4. The number of thioether (sulfide) groups is 1. The predicted molar refractivity (Wildman–Crippen MR) is 260 cm³/mol. The van der Waals surface area contributed by atoms with E-state index in [1.807, 2.05) is 30.0 Å². The minimum absolute atomic E-state index is 0.114. The Labute approximate surface area is 371 Å². The Balaban J connectivity index is 0.915. The molecule has 1 aliphatic carbocycles. The molecule has 1 aliphatic heterocycles. The topological polar surface area (TPSA) is 69.4 Å². The van der Waals surface area contributed by atoms with Crippen LogP contribution in [0.4, 0.5) is 0 Å². The molecule has 5 heterocycles. The van der Waals surface area contributed by atoms with Crippen molar-refractivity contribution in [2.75, 3.05) is 0 Å². The average Bonchev–Trinajstić information content (AvgIpc) is 4.03. The van der Waals surface area contributed by atoms with Crippen LogP contribution in [0.1, 0.15) is 17.3 Å². The molecule has 11 aromatic rings. The van der Waals surface area contributed by atoms with Gasteiger partial charge in [-0.2, -0.15) is 0 Å². The number of aromatic nitrogens is 6. The van der Waals surface area contributed by atoms with Crippen molar-refractivity contribution in [2.24, 2.45) is 0 Å². The molecule has 0 saturated carbocycles. The lowest BCUT2D eigenvalue weighted by molar-refractivity contribution is 0.883. The fraction of sp³-hybridized carbons (Fsp3) is 0.0364. The third-order valence-corrected chi connectivity index (χ3v) is 14.8. The van der Waals surface area contributed by atoms with Gasteiger partial charge in [-0.25, -0.2) is 24.9 Å². The van der Waals surface area contributed by atoms with Crippen LogP contribution in [0.2, 0.25) is 0 Å².